The fourth-order valence-corrected chi connectivity index (χ4v) is 2.75. The van der Waals surface area contributed by atoms with Gasteiger partial charge in [0.1, 0.15) is 5.75 Å². The minimum absolute atomic E-state index is 0.216. The summed E-state index contributed by atoms with van der Waals surface area (Å²) in [6, 6.07) is 16.4. The zero-order chi connectivity index (χ0) is 18.4. The van der Waals surface area contributed by atoms with Crippen LogP contribution in [-0.4, -0.2) is 36.5 Å². The van der Waals surface area contributed by atoms with Crippen LogP contribution in [0.2, 0.25) is 0 Å². The Morgan fingerprint density at radius 3 is 2.50 bits per heavy atom. The molecule has 0 aliphatic carbocycles. The number of fused-ring (bicyclic) bond motifs is 1. The van der Waals surface area contributed by atoms with Crippen molar-refractivity contribution in [3.8, 4) is 11.8 Å². The number of hydrogen-bond acceptors (Lipinski definition) is 5. The number of rotatable bonds is 5. The lowest BCUT2D eigenvalue weighted by molar-refractivity contribution is -0.154. The molecular weight excluding hydrogens is 332 g/mol. The summed E-state index contributed by atoms with van der Waals surface area (Å²) in [5.74, 6) is -0.369. The van der Waals surface area contributed by atoms with Crippen LogP contribution in [0.25, 0.3) is 0 Å². The van der Waals surface area contributed by atoms with Crippen molar-refractivity contribution in [2.45, 2.75) is 13.0 Å². The van der Waals surface area contributed by atoms with E-state index in [4.69, 9.17) is 14.7 Å². The van der Waals surface area contributed by atoms with Gasteiger partial charge in [0.25, 0.3) is 5.91 Å². The van der Waals surface area contributed by atoms with Crippen molar-refractivity contribution in [1.29, 1.82) is 5.26 Å². The number of amides is 1. The van der Waals surface area contributed by atoms with E-state index >= 15 is 0 Å². The molecule has 0 saturated carbocycles. The molecule has 132 valence electrons. The second kappa shape index (κ2) is 8.17. The maximum absolute atomic E-state index is 12.2. The van der Waals surface area contributed by atoms with Crippen molar-refractivity contribution < 1.29 is 19.1 Å². The second-order valence-corrected chi connectivity index (χ2v) is 5.92. The molecule has 0 fully saturated rings. The highest BCUT2D eigenvalue weighted by molar-refractivity contribution is 5.81. The van der Waals surface area contributed by atoms with Gasteiger partial charge in [-0.05, 0) is 41.8 Å². The van der Waals surface area contributed by atoms with Crippen molar-refractivity contribution in [2.24, 2.45) is 0 Å². The van der Waals surface area contributed by atoms with E-state index in [1.807, 2.05) is 24.3 Å². The van der Waals surface area contributed by atoms with Crippen LogP contribution in [0.4, 0.5) is 0 Å². The minimum Gasteiger partial charge on any atom is -0.482 e. The average molecular weight is 350 g/mol. The Bertz CT molecular complexity index is 840. The summed E-state index contributed by atoms with van der Waals surface area (Å²) in [7, 11) is 0. The largest absolute Gasteiger partial charge is 0.482 e. The van der Waals surface area contributed by atoms with Gasteiger partial charge >= 0.3 is 5.97 Å². The van der Waals surface area contributed by atoms with Gasteiger partial charge in [-0.2, -0.15) is 5.26 Å². The molecule has 0 aromatic heterocycles. The zero-order valence-electron chi connectivity index (χ0n) is 14.2. The molecule has 26 heavy (non-hydrogen) atoms. The van der Waals surface area contributed by atoms with Gasteiger partial charge in [0.2, 0.25) is 0 Å². The monoisotopic (exact) mass is 350 g/mol. The Hall–Kier alpha value is -3.33. The van der Waals surface area contributed by atoms with Gasteiger partial charge in [-0.1, -0.05) is 24.3 Å². The molecule has 2 aromatic rings. The number of carbonyl (C=O) groups is 2. The van der Waals surface area contributed by atoms with Crippen molar-refractivity contribution in [1.82, 2.24) is 4.90 Å². The first-order valence-electron chi connectivity index (χ1n) is 8.29. The van der Waals surface area contributed by atoms with Gasteiger partial charge in [0.05, 0.1) is 11.6 Å². The van der Waals surface area contributed by atoms with Crippen LogP contribution in [0.3, 0.4) is 0 Å². The van der Waals surface area contributed by atoms with E-state index in [1.54, 1.807) is 29.2 Å². The molecule has 0 unspecified atom stereocenters. The lowest BCUT2D eigenvalue weighted by atomic mass is 10.00. The highest BCUT2D eigenvalue weighted by Crippen LogP contribution is 2.18. The lowest BCUT2D eigenvalue weighted by Gasteiger charge is -2.28. The van der Waals surface area contributed by atoms with Crippen molar-refractivity contribution in [3.63, 3.8) is 0 Å². The minimum atomic E-state index is -0.611. The normalized spacial score (nSPS) is 12.7. The van der Waals surface area contributed by atoms with Gasteiger partial charge in [-0.3, -0.25) is 4.79 Å². The summed E-state index contributed by atoms with van der Waals surface area (Å²) in [6.07, 6.45) is 0.803. The van der Waals surface area contributed by atoms with Gasteiger partial charge in [-0.25, -0.2) is 4.79 Å². The van der Waals surface area contributed by atoms with Crippen LogP contribution >= 0.6 is 0 Å². The molecule has 0 atom stereocenters. The molecule has 3 rings (SSSR count). The number of nitrogens with zero attached hydrogens (tertiary/aromatic N) is 2. The van der Waals surface area contributed by atoms with Gasteiger partial charge < -0.3 is 14.4 Å². The van der Waals surface area contributed by atoms with Gasteiger partial charge in [0.15, 0.2) is 13.2 Å². The first-order valence-corrected chi connectivity index (χ1v) is 8.29. The van der Waals surface area contributed by atoms with Crippen molar-refractivity contribution in [3.05, 3.63) is 65.2 Å². The summed E-state index contributed by atoms with van der Waals surface area (Å²) < 4.78 is 10.3. The number of benzene rings is 2. The van der Waals surface area contributed by atoms with Crippen molar-refractivity contribution in [2.75, 3.05) is 19.8 Å². The van der Waals surface area contributed by atoms with Crippen LogP contribution in [0.15, 0.2) is 48.5 Å². The van der Waals surface area contributed by atoms with E-state index in [0.29, 0.717) is 24.4 Å². The Kier molecular flexibility index (Phi) is 5.49. The molecule has 0 saturated heterocycles. The quantitative estimate of drug-likeness (QED) is 0.771. The van der Waals surface area contributed by atoms with Crippen LogP contribution < -0.4 is 4.74 Å². The molecule has 2 aromatic carbocycles. The third-order valence-electron chi connectivity index (χ3n) is 4.18. The maximum atomic E-state index is 12.2. The molecule has 1 amide bonds. The summed E-state index contributed by atoms with van der Waals surface area (Å²) in [5.41, 5.74) is 2.89. The molecule has 6 heteroatoms. The summed E-state index contributed by atoms with van der Waals surface area (Å²) >= 11 is 0. The van der Waals surface area contributed by atoms with E-state index in [-0.39, 0.29) is 19.1 Å². The lowest BCUT2D eigenvalue weighted by Crippen LogP contribution is -2.38. The Labute approximate surface area is 151 Å². The van der Waals surface area contributed by atoms with Gasteiger partial charge in [0, 0.05) is 13.1 Å². The number of nitriles is 1. The number of ether oxygens (including phenoxy) is 2. The van der Waals surface area contributed by atoms with Gasteiger partial charge in [-0.15, -0.1) is 0 Å². The number of carbonyl (C=O) groups excluding carboxylic acids is 2. The van der Waals surface area contributed by atoms with E-state index in [0.717, 1.165) is 12.0 Å². The highest BCUT2D eigenvalue weighted by atomic mass is 16.6. The zero-order valence-corrected chi connectivity index (χ0v) is 14.2. The molecule has 0 radical (unpaired) electrons. The Morgan fingerprint density at radius 1 is 1.04 bits per heavy atom. The van der Waals surface area contributed by atoms with E-state index in [1.165, 1.54) is 5.56 Å². The average Bonchev–Trinajstić information content (AvgIpc) is 2.70. The summed E-state index contributed by atoms with van der Waals surface area (Å²) in [4.78, 5) is 25.7. The van der Waals surface area contributed by atoms with Crippen LogP contribution in [0, 0.1) is 11.3 Å². The molecule has 0 bridgehead atoms. The van der Waals surface area contributed by atoms with Crippen LogP contribution in [0.1, 0.15) is 16.7 Å². The second-order valence-electron chi connectivity index (χ2n) is 5.92. The predicted octanol–water partition coefficient (Wildman–Crippen LogP) is 2.07. The molecule has 1 aliphatic rings. The predicted molar refractivity (Wildman–Crippen MR) is 93.2 cm³/mol. The fourth-order valence-electron chi connectivity index (χ4n) is 2.75. The van der Waals surface area contributed by atoms with Crippen molar-refractivity contribution >= 4 is 11.9 Å². The molecule has 0 N–H and O–H groups in total. The van der Waals surface area contributed by atoms with Crippen LogP contribution in [-0.2, 0) is 27.3 Å². The standard InChI is InChI=1S/C20H18N2O4/c21-11-15-5-7-18(8-6-15)25-14-20(24)26-13-19(23)22-10-9-16-3-1-2-4-17(16)12-22/h1-8H,9-10,12-14H2. The Morgan fingerprint density at radius 2 is 1.77 bits per heavy atom. The first kappa shape index (κ1) is 17.5. The smallest absolute Gasteiger partial charge is 0.344 e. The SMILES string of the molecule is N#Cc1ccc(OCC(=O)OCC(=O)N2CCc3ccccc3C2)cc1. The molecule has 0 spiro atoms. The van der Waals surface area contributed by atoms with E-state index < -0.39 is 5.97 Å². The van der Waals surface area contributed by atoms with E-state index in [2.05, 4.69) is 6.07 Å². The molecule has 1 aliphatic heterocycles. The number of esters is 1. The van der Waals surface area contributed by atoms with Crippen LogP contribution in [0.5, 0.6) is 5.75 Å². The topological polar surface area (TPSA) is 79.6 Å². The third kappa shape index (κ3) is 4.39. The summed E-state index contributed by atoms with van der Waals surface area (Å²) in [6.45, 7) is 0.573. The third-order valence-corrected chi connectivity index (χ3v) is 4.18. The fraction of sp³-hybridized carbons (Fsp3) is 0.250. The molecule has 1 heterocycles. The van der Waals surface area contributed by atoms with E-state index in [9.17, 15) is 9.59 Å². The molecular formula is C20H18N2O4. The first-order chi connectivity index (χ1) is 12.7. The highest BCUT2D eigenvalue weighted by Gasteiger charge is 2.21. The number of hydrogen-bond donors (Lipinski definition) is 0. The Balaban J connectivity index is 1.43. The summed E-state index contributed by atoms with van der Waals surface area (Å²) in [5, 5.41) is 8.73. The molecule has 6 nitrogen and oxygen atoms in total. The maximum Gasteiger partial charge on any atom is 0.344 e.